The monoisotopic (exact) mass is 219 g/mol. The van der Waals surface area contributed by atoms with Gasteiger partial charge in [0.1, 0.15) is 11.7 Å². The van der Waals surface area contributed by atoms with Crippen LogP contribution in [0.4, 0.5) is 0 Å². The van der Waals surface area contributed by atoms with E-state index in [-0.39, 0.29) is 5.56 Å². The molecule has 0 fully saturated rings. The van der Waals surface area contributed by atoms with Gasteiger partial charge in [0, 0.05) is 6.54 Å². The van der Waals surface area contributed by atoms with Crippen LogP contribution >= 0.6 is 0 Å². The third-order valence-corrected chi connectivity index (χ3v) is 2.33. The molecule has 2 aromatic rings. The largest absolute Gasteiger partial charge is 0.335 e. The first-order chi connectivity index (χ1) is 7.59. The first-order valence-corrected chi connectivity index (χ1v) is 5.04. The molecule has 2 aromatic heterocycles. The van der Waals surface area contributed by atoms with Crippen molar-refractivity contribution in [3.05, 3.63) is 34.0 Å². The van der Waals surface area contributed by atoms with Crippen LogP contribution in [0.5, 0.6) is 0 Å². The van der Waals surface area contributed by atoms with Crippen molar-refractivity contribution in [2.75, 3.05) is 0 Å². The molecule has 2 heterocycles. The first kappa shape index (κ1) is 10.6. The molecule has 0 aliphatic heterocycles. The molecule has 2 rings (SSSR count). The quantitative estimate of drug-likeness (QED) is 0.721. The molecule has 0 N–H and O–H groups in total. The fourth-order valence-electron chi connectivity index (χ4n) is 1.42. The van der Waals surface area contributed by atoms with Crippen LogP contribution in [0.2, 0.25) is 0 Å². The maximum atomic E-state index is 12.0. The molecular weight excluding hydrogens is 206 g/mol. The molecule has 0 radical (unpaired) electrons. The van der Waals surface area contributed by atoms with Crippen LogP contribution < -0.4 is 5.56 Å². The highest BCUT2D eigenvalue weighted by Gasteiger charge is 2.11. The molecule has 0 aromatic carbocycles. The van der Waals surface area contributed by atoms with Gasteiger partial charge >= 0.3 is 0 Å². The molecule has 0 saturated heterocycles. The molecule has 16 heavy (non-hydrogen) atoms. The average molecular weight is 219 g/mol. The van der Waals surface area contributed by atoms with Crippen molar-refractivity contribution in [3.8, 4) is 0 Å². The number of hydrogen-bond acceptors (Lipinski definition) is 4. The van der Waals surface area contributed by atoms with Crippen LogP contribution in [-0.2, 0) is 6.54 Å². The van der Waals surface area contributed by atoms with E-state index in [0.717, 1.165) is 5.57 Å². The van der Waals surface area contributed by atoms with E-state index in [9.17, 15) is 4.79 Å². The van der Waals surface area contributed by atoms with Crippen LogP contribution in [0.1, 0.15) is 19.5 Å². The number of nitrogens with zero attached hydrogens (tertiary/aromatic N) is 3. The molecule has 0 aliphatic carbocycles. The van der Waals surface area contributed by atoms with Crippen molar-refractivity contribution in [1.29, 1.82) is 0 Å². The Bertz CT molecular complexity index is 603. The predicted molar refractivity (Wildman–Crippen MR) is 60.2 cm³/mol. The highest BCUT2D eigenvalue weighted by atomic mass is 16.5. The second-order valence-electron chi connectivity index (χ2n) is 3.93. The minimum Gasteiger partial charge on any atom is -0.335 e. The molecule has 0 amide bonds. The van der Waals surface area contributed by atoms with Gasteiger partial charge in [0.05, 0.1) is 5.69 Å². The van der Waals surface area contributed by atoms with Gasteiger partial charge in [-0.25, -0.2) is 4.98 Å². The van der Waals surface area contributed by atoms with E-state index in [1.165, 1.54) is 6.33 Å². The summed E-state index contributed by atoms with van der Waals surface area (Å²) in [5.41, 5.74) is 1.94. The lowest BCUT2D eigenvalue weighted by Gasteiger charge is -2.00. The highest BCUT2D eigenvalue weighted by Crippen LogP contribution is 2.09. The molecule has 0 spiro atoms. The SMILES string of the molecule is CC(C)=CCn1cnc2onc(C)c2c1=O. The molecule has 5 nitrogen and oxygen atoms in total. The summed E-state index contributed by atoms with van der Waals surface area (Å²) in [5, 5.41) is 4.19. The Morgan fingerprint density at radius 1 is 1.56 bits per heavy atom. The van der Waals surface area contributed by atoms with E-state index < -0.39 is 0 Å². The summed E-state index contributed by atoms with van der Waals surface area (Å²) in [5.74, 6) is 0. The van der Waals surface area contributed by atoms with Crippen LogP contribution in [0, 0.1) is 6.92 Å². The Balaban J connectivity index is 2.56. The van der Waals surface area contributed by atoms with E-state index in [0.29, 0.717) is 23.3 Å². The predicted octanol–water partition coefficient (Wildman–Crippen LogP) is 1.66. The zero-order valence-corrected chi connectivity index (χ0v) is 9.52. The van der Waals surface area contributed by atoms with Crippen molar-refractivity contribution in [1.82, 2.24) is 14.7 Å². The Kier molecular flexibility index (Phi) is 2.60. The van der Waals surface area contributed by atoms with Gasteiger partial charge in [-0.1, -0.05) is 16.8 Å². The van der Waals surface area contributed by atoms with Gasteiger partial charge < -0.3 is 4.52 Å². The van der Waals surface area contributed by atoms with Crippen molar-refractivity contribution in [2.45, 2.75) is 27.3 Å². The zero-order valence-electron chi connectivity index (χ0n) is 9.52. The number of fused-ring (bicyclic) bond motifs is 1. The lowest BCUT2D eigenvalue weighted by molar-refractivity contribution is 0.442. The Hall–Kier alpha value is -1.91. The average Bonchev–Trinajstić information content (AvgIpc) is 2.60. The number of rotatable bonds is 2. The van der Waals surface area contributed by atoms with E-state index in [1.807, 2.05) is 19.9 Å². The van der Waals surface area contributed by atoms with Crippen molar-refractivity contribution >= 4 is 11.1 Å². The Morgan fingerprint density at radius 2 is 2.31 bits per heavy atom. The fourth-order valence-corrected chi connectivity index (χ4v) is 1.42. The standard InChI is InChI=1S/C11H13N3O2/c1-7(2)4-5-14-6-12-10-9(11(14)15)8(3)13-16-10/h4,6H,5H2,1-3H3. The summed E-state index contributed by atoms with van der Waals surface area (Å²) in [6.45, 7) is 6.23. The van der Waals surface area contributed by atoms with Gasteiger partial charge in [0.15, 0.2) is 0 Å². The molecule has 0 unspecified atom stereocenters. The second kappa shape index (κ2) is 3.92. The maximum Gasteiger partial charge on any atom is 0.266 e. The molecule has 0 bridgehead atoms. The summed E-state index contributed by atoms with van der Waals surface area (Å²) in [4.78, 5) is 16.1. The number of allylic oxidation sites excluding steroid dienone is 2. The van der Waals surface area contributed by atoms with Gasteiger partial charge in [-0.15, -0.1) is 0 Å². The van der Waals surface area contributed by atoms with Crippen LogP contribution in [-0.4, -0.2) is 14.7 Å². The first-order valence-electron chi connectivity index (χ1n) is 5.04. The van der Waals surface area contributed by atoms with Crippen LogP contribution in [0.3, 0.4) is 0 Å². The molecule has 0 saturated carbocycles. The third-order valence-electron chi connectivity index (χ3n) is 2.33. The molecule has 84 valence electrons. The second-order valence-corrected chi connectivity index (χ2v) is 3.93. The number of aromatic nitrogens is 3. The highest BCUT2D eigenvalue weighted by molar-refractivity contribution is 5.73. The molecule has 0 atom stereocenters. The smallest absolute Gasteiger partial charge is 0.266 e. The minimum absolute atomic E-state index is 0.110. The molecule has 0 aliphatic rings. The van der Waals surface area contributed by atoms with Gasteiger partial charge in [0.25, 0.3) is 11.3 Å². The summed E-state index contributed by atoms with van der Waals surface area (Å²) < 4.78 is 6.46. The van der Waals surface area contributed by atoms with Crippen LogP contribution in [0.15, 0.2) is 27.3 Å². The number of hydrogen-bond donors (Lipinski definition) is 0. The van der Waals surface area contributed by atoms with E-state index in [4.69, 9.17) is 4.52 Å². The summed E-state index contributed by atoms with van der Waals surface area (Å²) in [6.07, 6.45) is 3.45. The van der Waals surface area contributed by atoms with Gasteiger partial charge in [-0.2, -0.15) is 0 Å². The van der Waals surface area contributed by atoms with Crippen molar-refractivity contribution in [2.24, 2.45) is 0 Å². The lowest BCUT2D eigenvalue weighted by Crippen LogP contribution is -2.19. The summed E-state index contributed by atoms with van der Waals surface area (Å²) >= 11 is 0. The van der Waals surface area contributed by atoms with E-state index in [1.54, 1.807) is 11.5 Å². The van der Waals surface area contributed by atoms with Gasteiger partial charge in [-0.3, -0.25) is 9.36 Å². The summed E-state index contributed by atoms with van der Waals surface area (Å²) in [6, 6.07) is 0. The van der Waals surface area contributed by atoms with Crippen molar-refractivity contribution in [3.63, 3.8) is 0 Å². The third kappa shape index (κ3) is 1.76. The van der Waals surface area contributed by atoms with Crippen molar-refractivity contribution < 1.29 is 4.52 Å². The normalized spacial score (nSPS) is 10.7. The van der Waals surface area contributed by atoms with E-state index in [2.05, 4.69) is 10.1 Å². The molecule has 5 heteroatoms. The van der Waals surface area contributed by atoms with Crippen LogP contribution in [0.25, 0.3) is 11.1 Å². The summed E-state index contributed by atoms with van der Waals surface area (Å²) in [7, 11) is 0. The maximum absolute atomic E-state index is 12.0. The Morgan fingerprint density at radius 3 is 3.00 bits per heavy atom. The van der Waals surface area contributed by atoms with Gasteiger partial charge in [0.2, 0.25) is 0 Å². The van der Waals surface area contributed by atoms with E-state index >= 15 is 0 Å². The lowest BCUT2D eigenvalue weighted by atomic mass is 10.3. The minimum atomic E-state index is -0.110. The molecular formula is C11H13N3O2. The fraction of sp³-hybridized carbons (Fsp3) is 0.364. The zero-order chi connectivity index (χ0) is 11.7. The topological polar surface area (TPSA) is 60.9 Å². The number of aryl methyl sites for hydroxylation is 1. The van der Waals surface area contributed by atoms with Gasteiger partial charge in [-0.05, 0) is 20.8 Å². The Labute approximate surface area is 92.4 Å².